The van der Waals surface area contributed by atoms with Crippen LogP contribution < -0.4 is 5.56 Å². The summed E-state index contributed by atoms with van der Waals surface area (Å²) >= 11 is 0. The molecule has 0 radical (unpaired) electrons. The number of hydrogen-bond acceptors (Lipinski definition) is 3. The van der Waals surface area contributed by atoms with Crippen LogP contribution in [0.3, 0.4) is 0 Å². The molecule has 0 aliphatic heterocycles. The van der Waals surface area contributed by atoms with E-state index in [2.05, 4.69) is 10.9 Å². The average molecular weight is 282 g/mol. The molecule has 0 atom stereocenters. The second kappa shape index (κ2) is 6.87. The van der Waals surface area contributed by atoms with Crippen LogP contribution >= 0.6 is 0 Å². The molecular weight excluding hydrogens is 264 g/mol. The molecule has 1 heterocycles. The summed E-state index contributed by atoms with van der Waals surface area (Å²) < 4.78 is 1.50. The van der Waals surface area contributed by atoms with Gasteiger partial charge in [0.15, 0.2) is 0 Å². The van der Waals surface area contributed by atoms with Crippen molar-refractivity contribution in [2.24, 2.45) is 0 Å². The first-order chi connectivity index (χ1) is 10.2. The lowest BCUT2D eigenvalue weighted by Gasteiger charge is -2.14. The van der Waals surface area contributed by atoms with E-state index in [1.165, 1.54) is 4.57 Å². The van der Waals surface area contributed by atoms with Crippen molar-refractivity contribution in [3.05, 3.63) is 51.9 Å². The number of aliphatic hydroxyl groups is 1. The van der Waals surface area contributed by atoms with Crippen molar-refractivity contribution in [1.82, 2.24) is 9.55 Å². The van der Waals surface area contributed by atoms with Gasteiger partial charge >= 0.3 is 0 Å². The van der Waals surface area contributed by atoms with Crippen molar-refractivity contribution in [2.75, 3.05) is 6.61 Å². The van der Waals surface area contributed by atoms with E-state index in [0.29, 0.717) is 24.2 Å². The third-order valence-electron chi connectivity index (χ3n) is 3.33. The predicted octanol–water partition coefficient (Wildman–Crippen LogP) is 1.64. The highest BCUT2D eigenvalue weighted by Crippen LogP contribution is 2.17. The number of benzene rings is 1. The summed E-state index contributed by atoms with van der Waals surface area (Å²) in [6.07, 6.45) is 6.32. The van der Waals surface area contributed by atoms with Crippen molar-refractivity contribution < 1.29 is 5.11 Å². The third kappa shape index (κ3) is 3.04. The molecule has 1 N–H and O–H groups in total. The minimum atomic E-state index is -0.160. The van der Waals surface area contributed by atoms with Gasteiger partial charge in [-0.15, -0.1) is 6.42 Å². The molecule has 0 aliphatic carbocycles. The number of nitrogens with zero attached hydrogens (tertiary/aromatic N) is 2. The Morgan fingerprint density at radius 3 is 2.62 bits per heavy atom. The summed E-state index contributed by atoms with van der Waals surface area (Å²) in [6.45, 7) is 2.03. The molecule has 1 aromatic heterocycles. The van der Waals surface area contributed by atoms with Gasteiger partial charge in [-0.3, -0.25) is 9.36 Å². The van der Waals surface area contributed by atoms with Gasteiger partial charge in [0.2, 0.25) is 0 Å². The first-order valence-corrected chi connectivity index (χ1v) is 6.95. The van der Waals surface area contributed by atoms with Gasteiger partial charge in [0, 0.05) is 24.2 Å². The number of hydrogen-bond donors (Lipinski definition) is 1. The molecule has 2 aromatic rings. The van der Waals surface area contributed by atoms with E-state index in [9.17, 15) is 4.79 Å². The van der Waals surface area contributed by atoms with Gasteiger partial charge < -0.3 is 5.11 Å². The molecule has 0 bridgehead atoms. The van der Waals surface area contributed by atoms with E-state index < -0.39 is 0 Å². The maximum atomic E-state index is 12.6. The van der Waals surface area contributed by atoms with Gasteiger partial charge in [-0.1, -0.05) is 43.2 Å². The Labute approximate surface area is 124 Å². The summed E-state index contributed by atoms with van der Waals surface area (Å²) in [5.74, 6) is 3.08. The maximum absolute atomic E-state index is 12.6. The monoisotopic (exact) mass is 282 g/mol. The van der Waals surface area contributed by atoms with Gasteiger partial charge in [0.1, 0.15) is 5.82 Å². The fourth-order valence-corrected chi connectivity index (χ4v) is 2.34. The van der Waals surface area contributed by atoms with Gasteiger partial charge in [-0.2, -0.15) is 0 Å². The average Bonchev–Trinajstić information content (AvgIpc) is 2.52. The Morgan fingerprint density at radius 2 is 2.05 bits per heavy atom. The van der Waals surface area contributed by atoms with Gasteiger partial charge in [0.05, 0.1) is 12.2 Å². The lowest BCUT2D eigenvalue weighted by molar-refractivity contribution is 0.298. The molecule has 0 unspecified atom stereocenters. The Hall–Kier alpha value is -2.38. The zero-order chi connectivity index (χ0) is 15.2. The molecule has 1 aromatic carbocycles. The molecule has 2 rings (SSSR count). The number of aromatic nitrogens is 2. The van der Waals surface area contributed by atoms with Crippen LogP contribution in [0, 0.1) is 12.3 Å². The molecule has 0 amide bonds. The second-order valence-electron chi connectivity index (χ2n) is 4.65. The molecule has 0 saturated carbocycles. The van der Waals surface area contributed by atoms with E-state index in [1.54, 1.807) is 0 Å². The summed E-state index contributed by atoms with van der Waals surface area (Å²) in [6, 6.07) is 9.51. The van der Waals surface area contributed by atoms with Crippen LogP contribution in [0.15, 0.2) is 35.1 Å². The van der Waals surface area contributed by atoms with E-state index in [0.717, 1.165) is 11.3 Å². The molecule has 21 heavy (non-hydrogen) atoms. The smallest absolute Gasteiger partial charge is 0.258 e. The van der Waals surface area contributed by atoms with Crippen molar-refractivity contribution >= 4 is 0 Å². The third-order valence-corrected chi connectivity index (χ3v) is 3.33. The van der Waals surface area contributed by atoms with Crippen LogP contribution in [0.1, 0.15) is 18.2 Å². The first-order valence-electron chi connectivity index (χ1n) is 6.95. The Kier molecular flexibility index (Phi) is 4.91. The fraction of sp³-hybridized carbons (Fsp3) is 0.294. The topological polar surface area (TPSA) is 55.1 Å². The highest BCUT2D eigenvalue weighted by Gasteiger charge is 2.15. The van der Waals surface area contributed by atoms with Crippen molar-refractivity contribution in [3.8, 4) is 23.7 Å². The van der Waals surface area contributed by atoms with Gasteiger partial charge in [-0.25, -0.2) is 4.98 Å². The van der Waals surface area contributed by atoms with Crippen LogP contribution in [-0.2, 0) is 19.4 Å². The molecule has 0 spiro atoms. The van der Waals surface area contributed by atoms with Gasteiger partial charge in [-0.05, 0) is 6.42 Å². The number of aryl methyl sites for hydroxylation is 1. The lowest BCUT2D eigenvalue weighted by atomic mass is 10.1. The predicted molar refractivity (Wildman–Crippen MR) is 82.9 cm³/mol. The summed E-state index contributed by atoms with van der Waals surface area (Å²) in [5.41, 5.74) is 1.97. The lowest BCUT2D eigenvalue weighted by Crippen LogP contribution is -2.29. The standard InChI is InChI=1S/C17H18N2O2/c1-3-11-19-16(13-8-6-5-7-9-13)18-15(4-2)14(10-12-20)17(19)21/h1,5-9,20H,4,10-12H2,2H3. The Balaban J connectivity index is 2.73. The van der Waals surface area contributed by atoms with Crippen LogP contribution in [0.2, 0.25) is 0 Å². The molecule has 0 fully saturated rings. The second-order valence-corrected chi connectivity index (χ2v) is 4.65. The van der Waals surface area contributed by atoms with E-state index in [4.69, 9.17) is 11.5 Å². The van der Waals surface area contributed by atoms with Crippen LogP contribution in [-0.4, -0.2) is 21.3 Å². The molecule has 4 heteroatoms. The van der Waals surface area contributed by atoms with E-state index in [-0.39, 0.29) is 18.7 Å². The molecule has 108 valence electrons. The van der Waals surface area contributed by atoms with Crippen molar-refractivity contribution in [3.63, 3.8) is 0 Å². The zero-order valence-electron chi connectivity index (χ0n) is 12.0. The Morgan fingerprint density at radius 1 is 1.33 bits per heavy atom. The highest BCUT2D eigenvalue weighted by molar-refractivity contribution is 5.56. The zero-order valence-corrected chi connectivity index (χ0v) is 12.0. The summed E-state index contributed by atoms with van der Waals surface area (Å²) in [7, 11) is 0. The van der Waals surface area contributed by atoms with Crippen LogP contribution in [0.25, 0.3) is 11.4 Å². The first kappa shape index (κ1) is 15.0. The fourth-order valence-electron chi connectivity index (χ4n) is 2.34. The van der Waals surface area contributed by atoms with Gasteiger partial charge in [0.25, 0.3) is 5.56 Å². The Bertz CT molecular complexity index is 712. The number of terminal acetylenes is 1. The summed E-state index contributed by atoms with van der Waals surface area (Å²) in [4.78, 5) is 17.3. The quantitative estimate of drug-likeness (QED) is 0.848. The molecule has 4 nitrogen and oxygen atoms in total. The minimum absolute atomic E-state index is 0.0787. The van der Waals surface area contributed by atoms with Crippen molar-refractivity contribution in [1.29, 1.82) is 0 Å². The molecular formula is C17H18N2O2. The SMILES string of the molecule is C#CCn1c(-c2ccccc2)nc(CC)c(CCO)c1=O. The minimum Gasteiger partial charge on any atom is -0.396 e. The normalized spacial score (nSPS) is 10.3. The number of rotatable bonds is 5. The number of aliphatic hydroxyl groups excluding tert-OH is 1. The van der Waals surface area contributed by atoms with Crippen molar-refractivity contribution in [2.45, 2.75) is 26.3 Å². The molecule has 0 saturated heterocycles. The van der Waals surface area contributed by atoms with Crippen LogP contribution in [0.5, 0.6) is 0 Å². The van der Waals surface area contributed by atoms with E-state index in [1.807, 2.05) is 37.3 Å². The molecule has 0 aliphatic rings. The summed E-state index contributed by atoms with van der Waals surface area (Å²) in [5, 5.41) is 9.15. The van der Waals surface area contributed by atoms with Crippen LogP contribution in [0.4, 0.5) is 0 Å². The van der Waals surface area contributed by atoms with E-state index >= 15 is 0 Å². The highest BCUT2D eigenvalue weighted by atomic mass is 16.3. The largest absolute Gasteiger partial charge is 0.396 e. The maximum Gasteiger partial charge on any atom is 0.258 e.